The van der Waals surface area contributed by atoms with Gasteiger partial charge in [0.05, 0.1) is 16.3 Å². The highest BCUT2D eigenvalue weighted by Gasteiger charge is 2.19. The number of halogens is 1. The number of benzene rings is 1. The summed E-state index contributed by atoms with van der Waals surface area (Å²) in [5.41, 5.74) is 0.0213. The highest BCUT2D eigenvalue weighted by Crippen LogP contribution is 2.20. The Morgan fingerprint density at radius 3 is 2.57 bits per heavy atom. The van der Waals surface area contributed by atoms with Crippen LogP contribution in [0.3, 0.4) is 0 Å². The maximum Gasteiger partial charge on any atom is 0.293 e. The van der Waals surface area contributed by atoms with Crippen molar-refractivity contribution >= 4 is 21.6 Å². The molecule has 0 unspecified atom stereocenters. The number of aryl methyl sites for hydroxylation is 2. The number of carbonyl (C=O) groups is 1. The van der Waals surface area contributed by atoms with Crippen LogP contribution in [0.25, 0.3) is 0 Å². The van der Waals surface area contributed by atoms with Crippen molar-refractivity contribution in [2.45, 2.75) is 18.7 Å². The number of hydrogen-bond donors (Lipinski definition) is 2. The van der Waals surface area contributed by atoms with Crippen LogP contribution in [0.4, 0.5) is 10.1 Å². The fourth-order valence-corrected chi connectivity index (χ4v) is 2.24. The standard InChI is InChI=1S/C12H12FN3O4S/c1-6-11(20-7(2)15-6)12(17)16-10-5-8(21(14,18)19)3-4-9(10)13/h3-5H,1-2H3,(H,16,17)(H2,14,18,19). The number of nitrogens with zero attached hydrogens (tertiary/aromatic N) is 1. The average molecular weight is 313 g/mol. The number of carbonyl (C=O) groups excluding carboxylic acids is 1. The first-order chi connectivity index (χ1) is 9.68. The number of aromatic nitrogens is 1. The summed E-state index contributed by atoms with van der Waals surface area (Å²) >= 11 is 0. The molecule has 2 aromatic rings. The van der Waals surface area contributed by atoms with Gasteiger partial charge in [-0.2, -0.15) is 0 Å². The Bertz CT molecular complexity index is 814. The molecule has 1 aromatic carbocycles. The average Bonchev–Trinajstić information content (AvgIpc) is 2.70. The lowest BCUT2D eigenvalue weighted by Crippen LogP contribution is -2.16. The van der Waals surface area contributed by atoms with Crippen LogP contribution in [-0.4, -0.2) is 19.3 Å². The largest absolute Gasteiger partial charge is 0.436 e. The Hall–Kier alpha value is -2.26. The number of sulfonamides is 1. The minimum Gasteiger partial charge on any atom is -0.436 e. The Balaban J connectivity index is 2.35. The highest BCUT2D eigenvalue weighted by atomic mass is 32.2. The smallest absolute Gasteiger partial charge is 0.293 e. The molecule has 0 aliphatic rings. The quantitative estimate of drug-likeness (QED) is 0.887. The summed E-state index contributed by atoms with van der Waals surface area (Å²) in [5.74, 6) is -1.33. The third kappa shape index (κ3) is 3.26. The highest BCUT2D eigenvalue weighted by molar-refractivity contribution is 7.89. The Kier molecular flexibility index (Phi) is 3.79. The summed E-state index contributed by atoms with van der Waals surface area (Å²) in [5, 5.41) is 7.18. The summed E-state index contributed by atoms with van der Waals surface area (Å²) in [6.45, 7) is 3.12. The van der Waals surface area contributed by atoms with Gasteiger partial charge >= 0.3 is 0 Å². The first-order valence-electron chi connectivity index (χ1n) is 5.76. The number of rotatable bonds is 3. The third-order valence-corrected chi connectivity index (χ3v) is 3.54. The Morgan fingerprint density at radius 1 is 1.38 bits per heavy atom. The van der Waals surface area contributed by atoms with Gasteiger partial charge in [-0.1, -0.05) is 0 Å². The van der Waals surface area contributed by atoms with Crippen LogP contribution in [0.1, 0.15) is 22.1 Å². The minimum atomic E-state index is -4.00. The van der Waals surface area contributed by atoms with E-state index >= 15 is 0 Å². The first kappa shape index (κ1) is 15.1. The maximum atomic E-state index is 13.6. The van der Waals surface area contributed by atoms with Crippen LogP contribution >= 0.6 is 0 Å². The van der Waals surface area contributed by atoms with Crippen molar-refractivity contribution in [2.75, 3.05) is 5.32 Å². The van der Waals surface area contributed by atoms with Crippen molar-refractivity contribution in [1.82, 2.24) is 4.98 Å². The van der Waals surface area contributed by atoms with Crippen molar-refractivity contribution in [3.05, 3.63) is 41.4 Å². The van der Waals surface area contributed by atoms with Crippen LogP contribution < -0.4 is 10.5 Å². The van der Waals surface area contributed by atoms with E-state index in [1.807, 2.05) is 0 Å². The number of anilines is 1. The Labute approximate surface area is 120 Å². The van der Waals surface area contributed by atoms with Crippen LogP contribution in [-0.2, 0) is 10.0 Å². The molecule has 0 saturated carbocycles. The molecule has 0 fully saturated rings. The molecule has 0 radical (unpaired) electrons. The molecule has 0 spiro atoms. The number of nitrogens with one attached hydrogen (secondary N) is 1. The molecule has 3 N–H and O–H groups in total. The molecule has 9 heteroatoms. The van der Waals surface area contributed by atoms with Crippen LogP contribution in [0.15, 0.2) is 27.5 Å². The molecule has 1 amide bonds. The summed E-state index contributed by atoms with van der Waals surface area (Å²) in [6, 6.07) is 2.83. The molecule has 7 nitrogen and oxygen atoms in total. The predicted molar refractivity (Wildman–Crippen MR) is 71.7 cm³/mol. The second-order valence-electron chi connectivity index (χ2n) is 4.29. The summed E-state index contributed by atoms with van der Waals surface area (Å²) in [7, 11) is -4.00. The van der Waals surface area contributed by atoms with Crippen molar-refractivity contribution in [1.29, 1.82) is 0 Å². The van der Waals surface area contributed by atoms with E-state index in [-0.39, 0.29) is 22.2 Å². The SMILES string of the molecule is Cc1nc(C)c(C(=O)Nc2cc(S(N)(=O)=O)ccc2F)o1. The van der Waals surface area contributed by atoms with E-state index in [1.165, 1.54) is 0 Å². The molecule has 0 aliphatic carbocycles. The fourth-order valence-electron chi connectivity index (χ4n) is 1.70. The van der Waals surface area contributed by atoms with Crippen molar-refractivity contribution in [3.63, 3.8) is 0 Å². The zero-order chi connectivity index (χ0) is 15.8. The zero-order valence-electron chi connectivity index (χ0n) is 11.2. The van der Waals surface area contributed by atoms with Gasteiger partial charge in [0.25, 0.3) is 5.91 Å². The zero-order valence-corrected chi connectivity index (χ0v) is 12.0. The monoisotopic (exact) mass is 313 g/mol. The summed E-state index contributed by atoms with van der Waals surface area (Å²) < 4.78 is 41.2. The fraction of sp³-hybridized carbons (Fsp3) is 0.167. The maximum absolute atomic E-state index is 13.6. The van der Waals surface area contributed by atoms with Crippen molar-refractivity contribution in [2.24, 2.45) is 5.14 Å². The van der Waals surface area contributed by atoms with Gasteiger partial charge in [-0.3, -0.25) is 4.79 Å². The van der Waals surface area contributed by atoms with Crippen molar-refractivity contribution < 1.29 is 22.0 Å². The predicted octanol–water partition coefficient (Wildman–Crippen LogP) is 1.33. The van der Waals surface area contributed by atoms with Gasteiger partial charge in [0.2, 0.25) is 15.8 Å². The van der Waals surface area contributed by atoms with Crippen molar-refractivity contribution in [3.8, 4) is 0 Å². The Morgan fingerprint density at radius 2 is 2.05 bits per heavy atom. The van der Waals surface area contributed by atoms with Gasteiger partial charge < -0.3 is 9.73 Å². The van der Waals surface area contributed by atoms with Gasteiger partial charge in [0.15, 0.2) is 5.89 Å². The summed E-state index contributed by atoms with van der Waals surface area (Å²) in [4.78, 5) is 15.6. The number of primary sulfonamides is 1. The number of nitrogens with two attached hydrogens (primary N) is 1. The van der Waals surface area contributed by atoms with E-state index in [4.69, 9.17) is 9.56 Å². The van der Waals surface area contributed by atoms with E-state index in [0.29, 0.717) is 5.69 Å². The molecule has 0 aliphatic heterocycles. The van der Waals surface area contributed by atoms with Gasteiger partial charge in [-0.15, -0.1) is 0 Å². The molecular weight excluding hydrogens is 301 g/mol. The molecule has 21 heavy (non-hydrogen) atoms. The molecule has 0 atom stereocenters. The summed E-state index contributed by atoms with van der Waals surface area (Å²) in [6.07, 6.45) is 0. The van der Waals surface area contributed by atoms with E-state index < -0.39 is 21.7 Å². The topological polar surface area (TPSA) is 115 Å². The van der Waals surface area contributed by atoms with Crippen LogP contribution in [0.5, 0.6) is 0 Å². The minimum absolute atomic E-state index is 0.0760. The van der Waals surface area contributed by atoms with E-state index in [1.54, 1.807) is 13.8 Å². The number of oxazole rings is 1. The van der Waals surface area contributed by atoms with Gasteiger partial charge in [0.1, 0.15) is 5.82 Å². The molecule has 0 saturated heterocycles. The van der Waals surface area contributed by atoms with Gasteiger partial charge in [-0.05, 0) is 25.1 Å². The normalized spacial score (nSPS) is 11.4. The van der Waals surface area contributed by atoms with E-state index in [2.05, 4.69) is 10.3 Å². The second kappa shape index (κ2) is 5.26. The lowest BCUT2D eigenvalue weighted by Gasteiger charge is -2.07. The molecule has 0 bridgehead atoms. The third-order valence-electron chi connectivity index (χ3n) is 2.62. The van der Waals surface area contributed by atoms with Crippen LogP contribution in [0.2, 0.25) is 0 Å². The molecule has 112 valence electrons. The lowest BCUT2D eigenvalue weighted by atomic mass is 10.3. The lowest BCUT2D eigenvalue weighted by molar-refractivity contribution is 0.0994. The second-order valence-corrected chi connectivity index (χ2v) is 5.85. The molecule has 1 aromatic heterocycles. The van der Waals surface area contributed by atoms with E-state index in [9.17, 15) is 17.6 Å². The molecule has 1 heterocycles. The number of amides is 1. The van der Waals surface area contributed by atoms with E-state index in [0.717, 1.165) is 18.2 Å². The first-order valence-corrected chi connectivity index (χ1v) is 7.31. The van der Waals surface area contributed by atoms with Crippen LogP contribution in [0, 0.1) is 19.7 Å². The van der Waals surface area contributed by atoms with Gasteiger partial charge in [0, 0.05) is 6.92 Å². The van der Waals surface area contributed by atoms with Gasteiger partial charge in [-0.25, -0.2) is 22.9 Å². The molecular formula is C12H12FN3O4S. The molecule has 2 rings (SSSR count). The number of hydrogen-bond acceptors (Lipinski definition) is 5.